The molecule has 0 bridgehead atoms. The van der Waals surface area contributed by atoms with Crippen LogP contribution in [0.5, 0.6) is 5.75 Å². The highest BCUT2D eigenvalue weighted by molar-refractivity contribution is 6.09. The third-order valence-corrected chi connectivity index (χ3v) is 4.79. The van der Waals surface area contributed by atoms with E-state index in [9.17, 15) is 9.59 Å². The van der Waals surface area contributed by atoms with E-state index < -0.39 is 0 Å². The van der Waals surface area contributed by atoms with Gasteiger partial charge in [0, 0.05) is 17.5 Å². The van der Waals surface area contributed by atoms with Gasteiger partial charge >= 0.3 is 0 Å². The van der Waals surface area contributed by atoms with Crippen molar-refractivity contribution in [3.8, 4) is 5.75 Å². The summed E-state index contributed by atoms with van der Waals surface area (Å²) in [6.45, 7) is 0. The number of amides is 1. The first kappa shape index (κ1) is 20.3. The Morgan fingerprint density at radius 2 is 1.52 bits per heavy atom. The Morgan fingerprint density at radius 3 is 2.24 bits per heavy atom. The van der Waals surface area contributed by atoms with Crippen molar-refractivity contribution in [2.45, 2.75) is 25.7 Å². The fourth-order valence-electron chi connectivity index (χ4n) is 3.17. The van der Waals surface area contributed by atoms with Crippen LogP contribution in [0.25, 0.3) is 0 Å². The Morgan fingerprint density at radius 1 is 0.828 bits per heavy atom. The highest BCUT2D eigenvalue weighted by Crippen LogP contribution is 2.20. The number of unbranched alkanes of at least 4 members (excludes halogenated alkanes) is 1. The maximum Gasteiger partial charge on any atom is 0.255 e. The van der Waals surface area contributed by atoms with E-state index >= 15 is 0 Å². The molecular formula is C25H25NO3. The van der Waals surface area contributed by atoms with E-state index in [1.54, 1.807) is 43.5 Å². The summed E-state index contributed by atoms with van der Waals surface area (Å²) in [6.07, 6.45) is 3.19. The topological polar surface area (TPSA) is 55.4 Å². The lowest BCUT2D eigenvalue weighted by molar-refractivity contribution is 0.0980. The maximum absolute atomic E-state index is 12.7. The lowest BCUT2D eigenvalue weighted by atomic mass is 10.0. The monoisotopic (exact) mass is 387 g/mol. The van der Waals surface area contributed by atoms with Crippen molar-refractivity contribution in [2.24, 2.45) is 0 Å². The number of para-hydroxylation sites is 1. The van der Waals surface area contributed by atoms with Crippen molar-refractivity contribution >= 4 is 17.4 Å². The van der Waals surface area contributed by atoms with Crippen LogP contribution in [-0.2, 0) is 6.42 Å². The lowest BCUT2D eigenvalue weighted by Gasteiger charge is -2.11. The van der Waals surface area contributed by atoms with Crippen LogP contribution < -0.4 is 10.1 Å². The third kappa shape index (κ3) is 5.79. The van der Waals surface area contributed by atoms with Crippen molar-refractivity contribution in [2.75, 3.05) is 12.4 Å². The molecule has 0 atom stereocenters. The zero-order valence-electron chi connectivity index (χ0n) is 16.6. The van der Waals surface area contributed by atoms with E-state index in [0.717, 1.165) is 19.3 Å². The molecule has 0 unspecified atom stereocenters. The lowest BCUT2D eigenvalue weighted by Crippen LogP contribution is -2.14. The van der Waals surface area contributed by atoms with Gasteiger partial charge in [0.15, 0.2) is 5.78 Å². The first-order valence-corrected chi connectivity index (χ1v) is 9.79. The van der Waals surface area contributed by atoms with Crippen molar-refractivity contribution in [3.05, 3.63) is 95.6 Å². The van der Waals surface area contributed by atoms with Crippen LogP contribution in [0, 0.1) is 0 Å². The van der Waals surface area contributed by atoms with Gasteiger partial charge in [-0.2, -0.15) is 0 Å². The molecule has 0 aromatic heterocycles. The average Bonchev–Trinajstić information content (AvgIpc) is 2.77. The molecule has 0 spiro atoms. The minimum absolute atomic E-state index is 0.0451. The van der Waals surface area contributed by atoms with Crippen LogP contribution in [0.1, 0.15) is 45.5 Å². The second-order valence-corrected chi connectivity index (χ2v) is 6.84. The fraction of sp³-hybridized carbons (Fsp3) is 0.200. The number of ether oxygens (including phenoxy) is 1. The SMILES string of the molecule is COc1ccc(C(=O)Nc2ccccc2C(=O)CCCCc2ccccc2)cc1. The fourth-order valence-corrected chi connectivity index (χ4v) is 3.17. The number of hydrogen-bond donors (Lipinski definition) is 1. The quantitative estimate of drug-likeness (QED) is 0.387. The van der Waals surface area contributed by atoms with Gasteiger partial charge in [-0.1, -0.05) is 42.5 Å². The molecule has 0 aliphatic rings. The average molecular weight is 387 g/mol. The maximum atomic E-state index is 12.7. The second-order valence-electron chi connectivity index (χ2n) is 6.84. The third-order valence-electron chi connectivity index (χ3n) is 4.79. The summed E-state index contributed by atoms with van der Waals surface area (Å²) in [5.41, 5.74) is 2.89. The summed E-state index contributed by atoms with van der Waals surface area (Å²) in [5.74, 6) is 0.480. The minimum atomic E-state index is -0.253. The van der Waals surface area contributed by atoms with E-state index in [1.807, 2.05) is 30.3 Å². The van der Waals surface area contributed by atoms with Crippen LogP contribution in [0.4, 0.5) is 5.69 Å². The smallest absolute Gasteiger partial charge is 0.255 e. The van der Waals surface area contributed by atoms with Gasteiger partial charge in [-0.3, -0.25) is 9.59 Å². The summed E-state index contributed by atoms with van der Waals surface area (Å²) in [5, 5.41) is 2.86. The first-order chi connectivity index (χ1) is 14.2. The molecule has 1 N–H and O–H groups in total. The number of carbonyl (C=O) groups is 2. The summed E-state index contributed by atoms with van der Waals surface area (Å²) in [6, 6.07) is 24.3. The normalized spacial score (nSPS) is 10.4. The van der Waals surface area contributed by atoms with E-state index in [1.165, 1.54) is 5.56 Å². The minimum Gasteiger partial charge on any atom is -0.497 e. The Kier molecular flexibility index (Phi) is 7.17. The van der Waals surface area contributed by atoms with E-state index in [-0.39, 0.29) is 11.7 Å². The Bertz CT molecular complexity index is 949. The molecule has 3 rings (SSSR count). The van der Waals surface area contributed by atoms with Gasteiger partial charge in [0.2, 0.25) is 0 Å². The molecule has 0 aliphatic heterocycles. The molecule has 29 heavy (non-hydrogen) atoms. The van der Waals surface area contributed by atoms with Crippen molar-refractivity contribution < 1.29 is 14.3 Å². The molecule has 0 saturated carbocycles. The van der Waals surface area contributed by atoms with Gasteiger partial charge in [-0.25, -0.2) is 0 Å². The summed E-state index contributed by atoms with van der Waals surface area (Å²) >= 11 is 0. The molecule has 0 fully saturated rings. The molecule has 0 aliphatic carbocycles. The van der Waals surface area contributed by atoms with Crippen LogP contribution in [0.15, 0.2) is 78.9 Å². The van der Waals surface area contributed by atoms with Crippen molar-refractivity contribution in [3.63, 3.8) is 0 Å². The molecule has 3 aromatic carbocycles. The van der Waals surface area contributed by atoms with Gasteiger partial charge in [-0.05, 0) is 61.2 Å². The predicted molar refractivity (Wildman–Crippen MR) is 116 cm³/mol. The van der Waals surface area contributed by atoms with Crippen LogP contribution in [0.3, 0.4) is 0 Å². The summed E-state index contributed by atoms with van der Waals surface area (Å²) in [7, 11) is 1.58. The Labute approximate surface area is 171 Å². The molecular weight excluding hydrogens is 362 g/mol. The highest BCUT2D eigenvalue weighted by atomic mass is 16.5. The Hall–Kier alpha value is -3.40. The van der Waals surface area contributed by atoms with Crippen LogP contribution >= 0.6 is 0 Å². The molecule has 4 nitrogen and oxygen atoms in total. The number of benzene rings is 3. The molecule has 0 radical (unpaired) electrons. The second kappa shape index (κ2) is 10.2. The number of methoxy groups -OCH3 is 1. The number of aryl methyl sites for hydroxylation is 1. The number of rotatable bonds is 9. The number of hydrogen-bond acceptors (Lipinski definition) is 3. The molecule has 4 heteroatoms. The zero-order valence-corrected chi connectivity index (χ0v) is 16.6. The summed E-state index contributed by atoms with van der Waals surface area (Å²) < 4.78 is 5.12. The van der Waals surface area contributed by atoms with Crippen LogP contribution in [0.2, 0.25) is 0 Å². The van der Waals surface area contributed by atoms with Gasteiger partial charge in [-0.15, -0.1) is 0 Å². The van der Waals surface area contributed by atoms with Gasteiger partial charge < -0.3 is 10.1 Å². The number of nitrogens with one attached hydrogen (secondary N) is 1. The van der Waals surface area contributed by atoms with E-state index in [0.29, 0.717) is 29.0 Å². The van der Waals surface area contributed by atoms with Gasteiger partial charge in [0.25, 0.3) is 5.91 Å². The molecule has 0 heterocycles. The number of carbonyl (C=O) groups excluding carboxylic acids is 2. The zero-order chi connectivity index (χ0) is 20.5. The molecule has 1 amide bonds. The predicted octanol–water partition coefficient (Wildman–Crippen LogP) is 5.54. The number of ketones is 1. The van der Waals surface area contributed by atoms with Gasteiger partial charge in [0.1, 0.15) is 5.75 Å². The molecule has 0 saturated heterocycles. The van der Waals surface area contributed by atoms with Crippen molar-refractivity contribution in [1.29, 1.82) is 0 Å². The van der Waals surface area contributed by atoms with E-state index in [2.05, 4.69) is 17.4 Å². The number of Topliss-reactive ketones (excluding diaryl/α,β-unsaturated/α-hetero) is 1. The Balaban J connectivity index is 1.58. The molecule has 3 aromatic rings. The van der Waals surface area contributed by atoms with Crippen LogP contribution in [-0.4, -0.2) is 18.8 Å². The largest absolute Gasteiger partial charge is 0.497 e. The van der Waals surface area contributed by atoms with E-state index in [4.69, 9.17) is 4.74 Å². The van der Waals surface area contributed by atoms with Gasteiger partial charge in [0.05, 0.1) is 12.8 Å². The number of anilines is 1. The standard InChI is InChI=1S/C25H25NO3/c1-29-21-17-15-20(16-18-21)25(28)26-23-13-7-6-12-22(23)24(27)14-8-5-11-19-9-3-2-4-10-19/h2-4,6-7,9-10,12-13,15-18H,5,8,11,14H2,1H3,(H,26,28). The van der Waals surface area contributed by atoms with Crippen molar-refractivity contribution in [1.82, 2.24) is 0 Å². The summed E-state index contributed by atoms with van der Waals surface area (Å²) in [4.78, 5) is 25.3. The highest BCUT2D eigenvalue weighted by Gasteiger charge is 2.14. The molecule has 148 valence electrons. The first-order valence-electron chi connectivity index (χ1n) is 9.79.